The van der Waals surface area contributed by atoms with Gasteiger partial charge in [0.05, 0.1) is 62.4 Å². The van der Waals surface area contributed by atoms with Crippen molar-refractivity contribution in [1.29, 1.82) is 0 Å². The third kappa shape index (κ3) is 27.9. The summed E-state index contributed by atoms with van der Waals surface area (Å²) in [7, 11) is -14.6. The molecule has 0 aliphatic carbocycles. The molecule has 7 aromatic heterocycles. The van der Waals surface area contributed by atoms with E-state index in [0.717, 1.165) is 47.1 Å². The second-order valence-electron chi connectivity index (χ2n) is 36.1. The number of aliphatic hydroxyl groups excluding tert-OH is 1. The summed E-state index contributed by atoms with van der Waals surface area (Å²) in [5, 5.41) is 15.2. The molecule has 0 spiro atoms. The van der Waals surface area contributed by atoms with E-state index in [9.17, 15) is 81.4 Å². The van der Waals surface area contributed by atoms with Crippen LogP contribution in [0.2, 0.25) is 0 Å². The normalized spacial score (nSPS) is 22.7. The Balaban J connectivity index is 0.000000263. The van der Waals surface area contributed by atoms with Crippen LogP contribution in [0, 0.1) is 93.9 Å². The first-order chi connectivity index (χ1) is 71.2. The maximum Gasteiger partial charge on any atom is 0.475 e. The number of ether oxygens (including phenoxy) is 9. The Morgan fingerprint density at radius 3 is 1.05 bits per heavy atom. The summed E-state index contributed by atoms with van der Waals surface area (Å²) in [6.07, 6.45) is -12.7. The second kappa shape index (κ2) is 49.6. The van der Waals surface area contributed by atoms with Crippen LogP contribution in [-0.4, -0.2) is 249 Å². The van der Waals surface area contributed by atoms with E-state index >= 15 is 4.57 Å². The van der Waals surface area contributed by atoms with Crippen molar-refractivity contribution in [3.05, 3.63) is 234 Å². The molecule has 9 aromatic rings. The van der Waals surface area contributed by atoms with Crippen LogP contribution in [0.5, 0.6) is 0 Å². The van der Waals surface area contributed by atoms with Crippen molar-refractivity contribution in [2.45, 2.75) is 228 Å². The van der Waals surface area contributed by atoms with E-state index in [2.05, 4.69) is 70.0 Å². The van der Waals surface area contributed by atoms with Crippen LogP contribution in [0.3, 0.4) is 0 Å². The number of nitrogens with zero attached hydrogens (tertiary/aromatic N) is 12. The number of carbonyl (C=O) groups excluding carboxylic acids is 6. The van der Waals surface area contributed by atoms with E-state index in [0.29, 0.717) is 0 Å². The zero-order valence-electron chi connectivity index (χ0n) is 83.7. The Labute approximate surface area is 851 Å². The highest BCUT2D eigenvalue weighted by molar-refractivity contribution is 7.49. The summed E-state index contributed by atoms with van der Waals surface area (Å²) >= 11 is 0. The number of aryl methyl sites for hydroxylation is 7. The molecule has 18 unspecified atom stereocenters. The van der Waals surface area contributed by atoms with E-state index in [4.69, 9.17) is 103 Å². The Bertz CT molecular complexity index is 7340. The quantitative estimate of drug-likeness (QED) is 0.00658. The molecule has 8 N–H and O–H groups in total. The molecule has 5 aliphatic rings. The predicted octanol–water partition coefficient (Wildman–Crippen LogP) is 6.57. The van der Waals surface area contributed by atoms with Crippen LogP contribution in [0.15, 0.2) is 93.9 Å². The Kier molecular flexibility index (Phi) is 37.6. The second-order valence-corrected chi connectivity index (χ2v) is 41.0. The van der Waals surface area contributed by atoms with Gasteiger partial charge in [-0.15, -0.1) is 0 Å². The fourth-order valence-corrected chi connectivity index (χ4v) is 20.4. The lowest BCUT2D eigenvalue weighted by molar-refractivity contribution is -0.157. The number of phosphoric acid groups is 3. The van der Waals surface area contributed by atoms with Gasteiger partial charge in [-0.3, -0.25) is 133 Å². The molecular weight excluding hydrogens is 2040 g/mol. The molecule has 14 rings (SSSR count). The highest BCUT2D eigenvalue weighted by Crippen LogP contribution is 2.58. The Hall–Kier alpha value is -13.4. The number of carbonyl (C=O) groups is 6. The minimum atomic E-state index is -5.05. The SMILES string of the molecule is [C-]#[N+]CCOP(=O)(OCC1OC(n2cc(C)c(=O)[nH]c2=O)CC1OP(=O)(OCC[N+]#[C-])OCC1OC(n2cnc3c(=O)[nH]c(NC(=O)C(C)C)nc32)CC1OC(=O)COC(=O)c1cc(C)c(C)c(C)c1)OC1CC(n2cc(C)c(=O)[nH]c2=O)OC1CC.[C-]#[N+]CCOP(=O)(OCC1OC(n2cnc3c(=O)[nH]c(NC(=O)C(C)C)nc32)CC1OC(=O)COC(=O)c1cc(C)c(C)c(C)c1)OC1CC(n2cc(C)c(=O)[nH]c2=O)OC1CO. The number of amides is 2. The van der Waals surface area contributed by atoms with Gasteiger partial charge in [0.25, 0.3) is 27.8 Å². The predicted molar refractivity (Wildman–Crippen MR) is 521 cm³/mol. The minimum absolute atomic E-state index is 0.00817. The smallest absolute Gasteiger partial charge is 0.457 e. The van der Waals surface area contributed by atoms with Crippen LogP contribution < -0.4 is 55.5 Å². The van der Waals surface area contributed by atoms with Gasteiger partial charge in [0.1, 0.15) is 99.8 Å². The maximum absolute atomic E-state index is 15.2. The van der Waals surface area contributed by atoms with Gasteiger partial charge in [-0.1, -0.05) is 34.6 Å². The summed E-state index contributed by atoms with van der Waals surface area (Å²) in [4.78, 5) is 218. The number of fused-ring (bicyclic) bond motifs is 2. The average molecular weight is 2150 g/mol. The monoisotopic (exact) mass is 2150 g/mol. The first-order valence-electron chi connectivity index (χ1n) is 47.2. The summed E-state index contributed by atoms with van der Waals surface area (Å²) in [5.41, 5.74) is 0.0350. The molecule has 0 bridgehead atoms. The lowest BCUT2D eigenvalue weighted by atomic mass is 10.0. The Morgan fingerprint density at radius 2 is 0.727 bits per heavy atom. The van der Waals surface area contributed by atoms with E-state index < -0.39 is 268 Å². The summed E-state index contributed by atoms with van der Waals surface area (Å²) in [6, 6.07) is 6.50. The number of nitrogens with one attached hydrogen (secondary N) is 7. The van der Waals surface area contributed by atoms with E-state index in [1.54, 1.807) is 58.9 Å². The molecule has 806 valence electrons. The molecule has 2 aromatic carbocycles. The molecule has 150 heavy (non-hydrogen) atoms. The van der Waals surface area contributed by atoms with Crippen molar-refractivity contribution in [2.24, 2.45) is 11.8 Å². The number of rotatable bonds is 43. The molecule has 5 saturated heterocycles. The third-order valence-electron chi connectivity index (χ3n) is 24.7. The first-order valence-corrected chi connectivity index (χ1v) is 51.6. The molecule has 0 saturated carbocycles. The van der Waals surface area contributed by atoms with Gasteiger partial charge in [-0.25, -0.2) is 76.9 Å². The number of hydrogen-bond donors (Lipinski definition) is 8. The zero-order chi connectivity index (χ0) is 109. The first kappa shape index (κ1) is 114. The standard InChI is InChI=1S/C53H65N11O21P2.C39H47N8O15P/c1-11-34-36(19-40(80-34)62-21-30(6)47(67)60-52(62)71)84-86(73,76-14-12-54-9)79-24-39-37(20-41(82-39)63-22-31(7)48(68)61-53(63)72)85-87(74,77-15-13-55-10)78-23-38-35(83-43(65)25-75-50(70)33-16-28(4)32(8)29(5)17-33)18-42(81-38)64-26-56-44-45(64)57-51(59-49(44)69)58-46(66)27(2)3;1-19(2)34(50)43-38-42-33-32(36(52)44-38)41-18-47(33)30-12-25(61-31(49)17-56-37(53)24-10-20(3)23(6)21(4)11-24)28(60-30)16-58-63(55,57-9-8-40-7)62-26-13-29(59-27(26)15-48)46-14-22(5)35(51)45-39(46)54/h16-17,21-22,26-27,34-42H,11-15,18-20,23-25H2,1-8H3,(H,60,67,71)(H,61,68,72)(H2,57,58,59,66,69);10-11,14,18-19,25-30,48H,8-9,12-13,15-17H2,1-6H3,(H,45,51,54)(H2,42,43,44,50,52). The fraction of sp³-hybridized carbons (Fsp3) is 0.533. The Morgan fingerprint density at radius 1 is 0.427 bits per heavy atom. The van der Waals surface area contributed by atoms with Gasteiger partial charge in [0, 0.05) is 79.2 Å². The number of aliphatic hydroxyl groups is 1. The van der Waals surface area contributed by atoms with Crippen molar-refractivity contribution in [3.8, 4) is 0 Å². The van der Waals surface area contributed by atoms with Gasteiger partial charge >= 0.3 is 64.4 Å². The topological polar surface area (TPSA) is 669 Å². The average Bonchev–Trinajstić information content (AvgIpc) is 1.61. The van der Waals surface area contributed by atoms with Gasteiger partial charge < -0.3 is 62.3 Å². The molecule has 5 fully saturated rings. The van der Waals surface area contributed by atoms with Gasteiger partial charge in [0.2, 0.25) is 43.3 Å². The molecule has 2 amide bonds. The molecule has 18 atom stereocenters. The lowest BCUT2D eigenvalue weighted by Crippen LogP contribution is -2.33. The highest BCUT2D eigenvalue weighted by atomic mass is 31.2. The summed E-state index contributed by atoms with van der Waals surface area (Å²) < 4.78 is 156. The zero-order valence-corrected chi connectivity index (χ0v) is 86.4. The number of imidazole rings is 2. The highest BCUT2D eigenvalue weighted by Gasteiger charge is 2.51. The molecule has 12 heterocycles. The van der Waals surface area contributed by atoms with Crippen LogP contribution in [0.1, 0.15) is 175 Å². The molecule has 0 radical (unpaired) electrons. The number of benzene rings is 2. The van der Waals surface area contributed by atoms with Gasteiger partial charge in [-0.05, 0) is 126 Å². The third-order valence-corrected chi connectivity index (χ3v) is 29.2. The van der Waals surface area contributed by atoms with E-state index in [1.807, 2.05) is 41.5 Å². The van der Waals surface area contributed by atoms with Gasteiger partial charge in [-0.2, -0.15) is 9.97 Å². The number of aromatic nitrogens is 14. The van der Waals surface area contributed by atoms with Crippen LogP contribution in [0.25, 0.3) is 36.9 Å². The van der Waals surface area contributed by atoms with Crippen molar-refractivity contribution in [1.82, 2.24) is 67.7 Å². The molecular formula is C92H112N19O36P3. The largest absolute Gasteiger partial charge is 0.475 e. The number of hydrogen-bond acceptors (Lipinski definition) is 40. The maximum atomic E-state index is 15.2. The number of phosphoric ester groups is 3. The lowest BCUT2D eigenvalue weighted by Gasteiger charge is -2.27. The molecule has 58 heteroatoms. The van der Waals surface area contributed by atoms with E-state index in [-0.39, 0.29) is 120 Å². The van der Waals surface area contributed by atoms with Crippen LogP contribution in [-0.2, 0) is 116 Å². The fourth-order valence-electron chi connectivity index (χ4n) is 16.2. The number of esters is 4. The van der Waals surface area contributed by atoms with Crippen molar-refractivity contribution in [3.63, 3.8) is 0 Å². The van der Waals surface area contributed by atoms with Crippen molar-refractivity contribution < 1.29 is 131 Å². The molecule has 55 nitrogen and oxygen atoms in total. The number of H-pyrrole nitrogens is 5. The van der Waals surface area contributed by atoms with E-state index in [1.165, 1.54) is 61.2 Å². The number of anilines is 2. The van der Waals surface area contributed by atoms with Gasteiger partial charge in [0.15, 0.2) is 35.5 Å². The van der Waals surface area contributed by atoms with Crippen LogP contribution >= 0.6 is 23.5 Å². The van der Waals surface area contributed by atoms with Crippen molar-refractivity contribution >= 4 is 93.4 Å². The number of aromatic amines is 5. The summed E-state index contributed by atoms with van der Waals surface area (Å²) in [5.74, 6) is -5.82. The summed E-state index contributed by atoms with van der Waals surface area (Å²) in [6.45, 7) is 38.8. The van der Waals surface area contributed by atoms with Crippen LogP contribution in [0.4, 0.5) is 11.9 Å². The minimum Gasteiger partial charge on any atom is -0.457 e. The molecule has 5 aliphatic heterocycles. The van der Waals surface area contributed by atoms with Crippen molar-refractivity contribution in [2.75, 3.05) is 89.7 Å².